The van der Waals surface area contributed by atoms with Crippen molar-refractivity contribution in [3.8, 4) is 0 Å². The molecule has 5 heteroatoms. The first-order chi connectivity index (χ1) is 11.7. The summed E-state index contributed by atoms with van der Waals surface area (Å²) in [5.74, 6) is 0.752. The van der Waals surface area contributed by atoms with Crippen molar-refractivity contribution in [2.75, 3.05) is 13.1 Å². The van der Waals surface area contributed by atoms with Crippen molar-refractivity contribution in [2.24, 2.45) is 13.0 Å². The first kappa shape index (κ1) is 17.5. The van der Waals surface area contributed by atoms with Gasteiger partial charge >= 0.3 is 0 Å². The van der Waals surface area contributed by atoms with Gasteiger partial charge < -0.3 is 9.64 Å². The number of nitrogens with zero attached hydrogens (tertiary/aromatic N) is 3. The van der Waals surface area contributed by atoms with Gasteiger partial charge in [0.05, 0.1) is 12.3 Å². The highest BCUT2D eigenvalue weighted by atomic mass is 16.5. The fourth-order valence-corrected chi connectivity index (χ4v) is 4.08. The molecule has 0 N–H and O–H groups in total. The fourth-order valence-electron chi connectivity index (χ4n) is 4.08. The van der Waals surface area contributed by atoms with E-state index < -0.39 is 0 Å². The van der Waals surface area contributed by atoms with E-state index in [2.05, 4.69) is 18.2 Å². The second-order valence-electron chi connectivity index (χ2n) is 7.46. The second kappa shape index (κ2) is 8.15. The van der Waals surface area contributed by atoms with E-state index in [0.29, 0.717) is 12.0 Å². The normalized spacial score (nSPS) is 23.6. The summed E-state index contributed by atoms with van der Waals surface area (Å²) in [6.07, 6.45) is 13.0. The molecule has 2 fully saturated rings. The zero-order valence-corrected chi connectivity index (χ0v) is 15.1. The summed E-state index contributed by atoms with van der Waals surface area (Å²) in [6, 6.07) is 0. The number of carbonyl (C=O) groups is 1. The van der Waals surface area contributed by atoms with Crippen molar-refractivity contribution in [3.63, 3.8) is 0 Å². The number of carbonyl (C=O) groups excluding carboxylic acids is 1. The van der Waals surface area contributed by atoms with Crippen LogP contribution in [0.15, 0.2) is 12.4 Å². The van der Waals surface area contributed by atoms with Crippen molar-refractivity contribution in [2.45, 2.75) is 70.5 Å². The zero-order valence-electron chi connectivity index (χ0n) is 15.1. The topological polar surface area (TPSA) is 47.4 Å². The highest BCUT2D eigenvalue weighted by molar-refractivity contribution is 5.81. The van der Waals surface area contributed by atoms with Crippen molar-refractivity contribution in [1.82, 2.24) is 14.7 Å². The minimum Gasteiger partial charge on any atom is -0.365 e. The lowest BCUT2D eigenvalue weighted by atomic mass is 9.97. The Labute approximate surface area is 145 Å². The third-order valence-corrected chi connectivity index (χ3v) is 5.44. The third-order valence-electron chi connectivity index (χ3n) is 5.44. The maximum absolute atomic E-state index is 12.8. The van der Waals surface area contributed by atoms with E-state index in [0.717, 1.165) is 45.2 Å². The van der Waals surface area contributed by atoms with Gasteiger partial charge in [0.1, 0.15) is 6.10 Å². The van der Waals surface area contributed by atoms with Gasteiger partial charge in [-0.25, -0.2) is 0 Å². The second-order valence-corrected chi connectivity index (χ2v) is 7.46. The molecule has 1 amide bonds. The molecule has 1 saturated carbocycles. The van der Waals surface area contributed by atoms with Gasteiger partial charge in [-0.15, -0.1) is 0 Å². The molecule has 1 aromatic rings. The van der Waals surface area contributed by atoms with Crippen LogP contribution >= 0.6 is 0 Å². The first-order valence-corrected chi connectivity index (χ1v) is 9.57. The number of likely N-dealkylation sites (tertiary alicyclic amines) is 1. The summed E-state index contributed by atoms with van der Waals surface area (Å²) in [5, 5.41) is 4.24. The molecule has 2 heterocycles. The first-order valence-electron chi connectivity index (χ1n) is 9.57. The van der Waals surface area contributed by atoms with Crippen LogP contribution in [0.25, 0.3) is 0 Å². The third kappa shape index (κ3) is 4.38. The largest absolute Gasteiger partial charge is 0.365 e. The Hall–Kier alpha value is -1.36. The zero-order chi connectivity index (χ0) is 16.9. The summed E-state index contributed by atoms with van der Waals surface area (Å²) in [7, 11) is 1.95. The molecule has 0 bridgehead atoms. The molecule has 1 aromatic heterocycles. The van der Waals surface area contributed by atoms with E-state index in [4.69, 9.17) is 4.74 Å². The van der Waals surface area contributed by atoms with Crippen LogP contribution in [-0.2, 0) is 23.0 Å². The lowest BCUT2D eigenvalue weighted by molar-refractivity contribution is -0.148. The Morgan fingerprint density at radius 2 is 2.12 bits per heavy atom. The Balaban J connectivity index is 1.50. The van der Waals surface area contributed by atoms with Crippen molar-refractivity contribution >= 4 is 5.91 Å². The highest BCUT2D eigenvalue weighted by Crippen LogP contribution is 2.25. The number of aromatic nitrogens is 2. The molecule has 2 aliphatic rings. The molecule has 0 aromatic carbocycles. The van der Waals surface area contributed by atoms with Gasteiger partial charge in [0.2, 0.25) is 0 Å². The van der Waals surface area contributed by atoms with Gasteiger partial charge in [0.25, 0.3) is 5.91 Å². The summed E-state index contributed by atoms with van der Waals surface area (Å²) in [4.78, 5) is 14.9. The minimum absolute atomic E-state index is 0.205. The Bertz CT molecular complexity index is 536. The van der Waals surface area contributed by atoms with Gasteiger partial charge in [-0.05, 0) is 43.6 Å². The van der Waals surface area contributed by atoms with E-state index in [1.807, 2.05) is 22.8 Å². The average Bonchev–Trinajstić information content (AvgIpc) is 3.22. The van der Waals surface area contributed by atoms with Gasteiger partial charge in [-0.1, -0.05) is 26.2 Å². The van der Waals surface area contributed by atoms with Crippen LogP contribution in [0.3, 0.4) is 0 Å². The maximum Gasteiger partial charge on any atom is 0.251 e. The number of hydrogen-bond donors (Lipinski definition) is 0. The van der Waals surface area contributed by atoms with Crippen LogP contribution in [0.1, 0.15) is 57.4 Å². The lowest BCUT2D eigenvalue weighted by Crippen LogP contribution is -2.41. The minimum atomic E-state index is -0.245. The van der Waals surface area contributed by atoms with Crippen LogP contribution in [0, 0.1) is 5.92 Å². The number of ether oxygens (including phenoxy) is 1. The maximum atomic E-state index is 12.8. The van der Waals surface area contributed by atoms with Crippen LogP contribution in [-0.4, -0.2) is 45.9 Å². The molecular formula is C19H31N3O2. The van der Waals surface area contributed by atoms with E-state index in [1.54, 1.807) is 0 Å². The van der Waals surface area contributed by atoms with Crippen LogP contribution < -0.4 is 0 Å². The molecule has 5 nitrogen and oxygen atoms in total. The van der Waals surface area contributed by atoms with Gasteiger partial charge in [0, 0.05) is 26.3 Å². The number of hydrogen-bond acceptors (Lipinski definition) is 3. The van der Waals surface area contributed by atoms with Crippen LogP contribution in [0.5, 0.6) is 0 Å². The summed E-state index contributed by atoms with van der Waals surface area (Å²) in [6.45, 7) is 3.79. The molecule has 134 valence electrons. The molecule has 24 heavy (non-hydrogen) atoms. The number of rotatable bonds is 6. The molecule has 3 rings (SSSR count). The molecule has 1 saturated heterocycles. The Morgan fingerprint density at radius 3 is 2.79 bits per heavy atom. The van der Waals surface area contributed by atoms with Crippen molar-refractivity contribution < 1.29 is 9.53 Å². The Morgan fingerprint density at radius 1 is 1.33 bits per heavy atom. The molecule has 2 atom stereocenters. The summed E-state index contributed by atoms with van der Waals surface area (Å²) >= 11 is 0. The molecule has 0 spiro atoms. The fraction of sp³-hybridized carbons (Fsp3) is 0.789. The smallest absolute Gasteiger partial charge is 0.251 e. The lowest BCUT2D eigenvalue weighted by Gasteiger charge is -2.29. The molecular weight excluding hydrogens is 302 g/mol. The quantitative estimate of drug-likeness (QED) is 0.804. The standard InChI is InChI=1S/C19H31N3O2/c1-3-18(24-17-7-5-4-6-8-17)19(23)22-10-9-15(14-22)11-16-12-20-21(2)13-16/h12-13,15,17-18H,3-11,14H2,1-2H3/t15-,18-/m0/s1. The summed E-state index contributed by atoms with van der Waals surface area (Å²) < 4.78 is 8.01. The SMILES string of the molecule is CC[C@H](OC1CCCCC1)C(=O)N1CC[C@@H](Cc2cnn(C)c2)C1. The van der Waals surface area contributed by atoms with E-state index >= 15 is 0 Å². The predicted molar refractivity (Wildman–Crippen MR) is 93.6 cm³/mol. The van der Waals surface area contributed by atoms with Crippen LogP contribution in [0.4, 0.5) is 0 Å². The van der Waals surface area contributed by atoms with Gasteiger partial charge in [0.15, 0.2) is 0 Å². The molecule has 0 radical (unpaired) electrons. The monoisotopic (exact) mass is 333 g/mol. The highest BCUT2D eigenvalue weighted by Gasteiger charge is 2.32. The molecule has 0 unspecified atom stereocenters. The van der Waals surface area contributed by atoms with E-state index in [1.165, 1.54) is 24.8 Å². The summed E-state index contributed by atoms with van der Waals surface area (Å²) in [5.41, 5.74) is 1.27. The average molecular weight is 333 g/mol. The predicted octanol–water partition coefficient (Wildman–Crippen LogP) is 2.94. The number of amides is 1. The molecule has 1 aliphatic heterocycles. The van der Waals surface area contributed by atoms with Crippen molar-refractivity contribution in [1.29, 1.82) is 0 Å². The van der Waals surface area contributed by atoms with Crippen molar-refractivity contribution in [3.05, 3.63) is 18.0 Å². The van der Waals surface area contributed by atoms with Crippen LogP contribution in [0.2, 0.25) is 0 Å². The number of aryl methyl sites for hydroxylation is 1. The molecule has 1 aliphatic carbocycles. The van der Waals surface area contributed by atoms with Gasteiger partial charge in [-0.3, -0.25) is 9.48 Å². The van der Waals surface area contributed by atoms with Gasteiger partial charge in [-0.2, -0.15) is 5.10 Å². The Kier molecular flexibility index (Phi) is 5.93. The van der Waals surface area contributed by atoms with E-state index in [9.17, 15) is 4.79 Å². The van der Waals surface area contributed by atoms with E-state index in [-0.39, 0.29) is 12.0 Å².